The molecule has 0 aliphatic rings. The Hall–Kier alpha value is -2.72. The van der Waals surface area contributed by atoms with Crippen molar-refractivity contribution in [2.75, 3.05) is 0 Å². The van der Waals surface area contributed by atoms with Gasteiger partial charge in [0.25, 0.3) is 0 Å². The van der Waals surface area contributed by atoms with Crippen LogP contribution in [0.1, 0.15) is 29.7 Å². The number of rotatable bonds is 7. The van der Waals surface area contributed by atoms with E-state index in [-0.39, 0.29) is 6.04 Å². The molecule has 1 N–H and O–H groups in total. The van der Waals surface area contributed by atoms with Gasteiger partial charge in [0, 0.05) is 24.2 Å². The van der Waals surface area contributed by atoms with Gasteiger partial charge in [-0.1, -0.05) is 48.5 Å². The van der Waals surface area contributed by atoms with Crippen LogP contribution >= 0.6 is 0 Å². The number of halogens is 2. The van der Waals surface area contributed by atoms with Crippen molar-refractivity contribution in [3.05, 3.63) is 101 Å². The smallest absolute Gasteiger partial charge is 0.130 e. The first kappa shape index (κ1) is 18.1. The number of hydrogen-bond donors (Lipinski definition) is 1. The summed E-state index contributed by atoms with van der Waals surface area (Å²) in [5.41, 5.74) is 2.59. The normalized spacial score (nSPS) is 12.0. The largest absolute Gasteiger partial charge is 0.489 e. The highest BCUT2D eigenvalue weighted by molar-refractivity contribution is 5.29. The van der Waals surface area contributed by atoms with Crippen LogP contribution in [0.3, 0.4) is 0 Å². The molecule has 26 heavy (non-hydrogen) atoms. The monoisotopic (exact) mass is 353 g/mol. The summed E-state index contributed by atoms with van der Waals surface area (Å²) >= 11 is 0. The van der Waals surface area contributed by atoms with Crippen molar-refractivity contribution in [3.63, 3.8) is 0 Å². The van der Waals surface area contributed by atoms with Crippen LogP contribution in [0, 0.1) is 11.6 Å². The number of nitrogens with one attached hydrogen (secondary N) is 1. The first-order valence-electron chi connectivity index (χ1n) is 8.56. The van der Waals surface area contributed by atoms with Crippen LogP contribution in [0.2, 0.25) is 0 Å². The van der Waals surface area contributed by atoms with E-state index in [1.807, 2.05) is 61.5 Å². The molecule has 0 saturated carbocycles. The maximum atomic E-state index is 13.9. The highest BCUT2D eigenvalue weighted by Crippen LogP contribution is 2.19. The fraction of sp³-hybridized carbons (Fsp3) is 0.182. The van der Waals surface area contributed by atoms with E-state index in [1.54, 1.807) is 0 Å². The molecule has 0 radical (unpaired) electrons. The van der Waals surface area contributed by atoms with E-state index in [9.17, 15) is 8.78 Å². The summed E-state index contributed by atoms with van der Waals surface area (Å²) < 4.78 is 32.7. The molecule has 2 nitrogen and oxygen atoms in total. The second-order valence-electron chi connectivity index (χ2n) is 6.19. The zero-order chi connectivity index (χ0) is 18.4. The lowest BCUT2D eigenvalue weighted by atomic mass is 10.1. The quantitative estimate of drug-likeness (QED) is 0.614. The van der Waals surface area contributed by atoms with Crippen molar-refractivity contribution >= 4 is 0 Å². The molecule has 3 aromatic carbocycles. The maximum absolute atomic E-state index is 13.9. The van der Waals surface area contributed by atoms with Crippen LogP contribution in [0.15, 0.2) is 72.8 Å². The van der Waals surface area contributed by atoms with E-state index in [0.29, 0.717) is 18.7 Å². The molecule has 0 aliphatic carbocycles. The third-order valence-electron chi connectivity index (χ3n) is 4.19. The molecule has 0 amide bonds. The number of hydrogen-bond acceptors (Lipinski definition) is 2. The molecule has 0 aromatic heterocycles. The minimum absolute atomic E-state index is 0.232. The number of ether oxygens (including phenoxy) is 1. The molecule has 0 saturated heterocycles. The molecule has 134 valence electrons. The van der Waals surface area contributed by atoms with E-state index in [2.05, 4.69) is 5.32 Å². The predicted octanol–water partition coefficient (Wildman–Crippen LogP) is 5.39. The standard InChI is InChI=1S/C22H21F2NO/c1-16(21-11-10-19(23)13-22(21)24)25-14-18-8-5-9-20(12-18)26-15-17-6-3-2-4-7-17/h2-13,16,25H,14-15H2,1H3/t16-/m0/s1. The molecule has 0 aliphatic heterocycles. The minimum atomic E-state index is -0.568. The number of benzene rings is 3. The molecule has 3 aromatic rings. The first-order chi connectivity index (χ1) is 12.6. The lowest BCUT2D eigenvalue weighted by molar-refractivity contribution is 0.306. The van der Waals surface area contributed by atoms with E-state index in [1.165, 1.54) is 12.1 Å². The van der Waals surface area contributed by atoms with Crippen molar-refractivity contribution < 1.29 is 13.5 Å². The van der Waals surface area contributed by atoms with Gasteiger partial charge in [0.2, 0.25) is 0 Å². The Kier molecular flexibility index (Phi) is 5.97. The molecular formula is C22H21F2NO. The SMILES string of the molecule is C[C@H](NCc1cccc(OCc2ccccc2)c1)c1ccc(F)cc1F. The van der Waals surface area contributed by atoms with Gasteiger partial charge < -0.3 is 10.1 Å². The van der Waals surface area contributed by atoms with Gasteiger partial charge in [0.15, 0.2) is 0 Å². The van der Waals surface area contributed by atoms with E-state index in [0.717, 1.165) is 22.9 Å². The Morgan fingerprint density at radius 1 is 0.885 bits per heavy atom. The van der Waals surface area contributed by atoms with E-state index in [4.69, 9.17) is 4.74 Å². The molecule has 3 rings (SSSR count). The summed E-state index contributed by atoms with van der Waals surface area (Å²) in [6.07, 6.45) is 0. The fourth-order valence-electron chi connectivity index (χ4n) is 2.72. The molecular weight excluding hydrogens is 332 g/mol. The van der Waals surface area contributed by atoms with E-state index >= 15 is 0 Å². The Morgan fingerprint density at radius 2 is 1.65 bits per heavy atom. The lowest BCUT2D eigenvalue weighted by Gasteiger charge is -2.16. The summed E-state index contributed by atoms with van der Waals surface area (Å²) in [5.74, 6) is -0.319. The van der Waals surface area contributed by atoms with Gasteiger partial charge >= 0.3 is 0 Å². The summed E-state index contributed by atoms with van der Waals surface area (Å²) in [6, 6.07) is 21.2. The highest BCUT2D eigenvalue weighted by Gasteiger charge is 2.11. The molecule has 0 bridgehead atoms. The second-order valence-corrected chi connectivity index (χ2v) is 6.19. The molecule has 0 unspecified atom stereocenters. The van der Waals surface area contributed by atoms with Gasteiger partial charge in [-0.3, -0.25) is 0 Å². The van der Waals surface area contributed by atoms with Crippen molar-refractivity contribution in [1.29, 1.82) is 0 Å². The summed E-state index contributed by atoms with van der Waals surface area (Å²) in [7, 11) is 0. The van der Waals surface area contributed by atoms with Gasteiger partial charge in [-0.15, -0.1) is 0 Å². The Balaban J connectivity index is 1.58. The van der Waals surface area contributed by atoms with Crippen LogP contribution < -0.4 is 10.1 Å². The Bertz CT molecular complexity index is 852. The van der Waals surface area contributed by atoms with Crippen LogP contribution in [-0.4, -0.2) is 0 Å². The average Bonchev–Trinajstić information content (AvgIpc) is 2.66. The van der Waals surface area contributed by atoms with Gasteiger partial charge in [0.1, 0.15) is 24.0 Å². The van der Waals surface area contributed by atoms with Gasteiger partial charge in [0.05, 0.1) is 0 Å². The zero-order valence-corrected chi connectivity index (χ0v) is 14.6. The topological polar surface area (TPSA) is 21.3 Å². The highest BCUT2D eigenvalue weighted by atomic mass is 19.1. The Labute approximate surface area is 152 Å². The molecule has 0 heterocycles. The van der Waals surface area contributed by atoms with Crippen LogP contribution in [0.5, 0.6) is 5.75 Å². The Morgan fingerprint density at radius 3 is 2.42 bits per heavy atom. The average molecular weight is 353 g/mol. The summed E-state index contributed by atoms with van der Waals surface area (Å²) in [5, 5.41) is 3.26. The third kappa shape index (κ3) is 4.90. The maximum Gasteiger partial charge on any atom is 0.130 e. The van der Waals surface area contributed by atoms with Gasteiger partial charge in [-0.05, 0) is 36.2 Å². The van der Waals surface area contributed by atoms with Crippen LogP contribution in [0.4, 0.5) is 8.78 Å². The fourth-order valence-corrected chi connectivity index (χ4v) is 2.72. The lowest BCUT2D eigenvalue weighted by Crippen LogP contribution is -2.19. The predicted molar refractivity (Wildman–Crippen MR) is 98.8 cm³/mol. The summed E-state index contributed by atoms with van der Waals surface area (Å²) in [4.78, 5) is 0. The molecule has 4 heteroatoms. The van der Waals surface area contributed by atoms with Gasteiger partial charge in [-0.25, -0.2) is 8.78 Å². The van der Waals surface area contributed by atoms with Gasteiger partial charge in [-0.2, -0.15) is 0 Å². The molecule has 0 spiro atoms. The zero-order valence-electron chi connectivity index (χ0n) is 14.6. The minimum Gasteiger partial charge on any atom is -0.489 e. The van der Waals surface area contributed by atoms with Crippen LogP contribution in [0.25, 0.3) is 0 Å². The van der Waals surface area contributed by atoms with Crippen molar-refractivity contribution in [1.82, 2.24) is 5.32 Å². The molecule has 1 atom stereocenters. The summed E-state index contributed by atoms with van der Waals surface area (Å²) in [6.45, 7) is 2.92. The van der Waals surface area contributed by atoms with Crippen molar-refractivity contribution in [3.8, 4) is 5.75 Å². The second kappa shape index (κ2) is 8.59. The first-order valence-corrected chi connectivity index (χ1v) is 8.56. The van der Waals surface area contributed by atoms with Crippen LogP contribution in [-0.2, 0) is 13.2 Å². The van der Waals surface area contributed by atoms with Crippen molar-refractivity contribution in [2.45, 2.75) is 26.1 Å². The third-order valence-corrected chi connectivity index (χ3v) is 4.19. The van der Waals surface area contributed by atoms with Crippen molar-refractivity contribution in [2.24, 2.45) is 0 Å². The van der Waals surface area contributed by atoms with E-state index < -0.39 is 11.6 Å². The molecule has 0 fully saturated rings.